The summed E-state index contributed by atoms with van der Waals surface area (Å²) in [4.78, 5) is 25.1. The lowest BCUT2D eigenvalue weighted by Gasteiger charge is -2.11. The van der Waals surface area contributed by atoms with E-state index < -0.39 is 0 Å². The summed E-state index contributed by atoms with van der Waals surface area (Å²) in [7, 11) is 0. The Labute approximate surface area is 217 Å². The number of hydrogen-bond acceptors (Lipinski definition) is 5. The zero-order chi connectivity index (χ0) is 24.8. The third-order valence-electron chi connectivity index (χ3n) is 7.24. The first-order valence-corrected chi connectivity index (χ1v) is 13.4. The van der Waals surface area contributed by atoms with Crippen LogP contribution in [0.2, 0.25) is 0 Å². The number of benzene rings is 1. The summed E-state index contributed by atoms with van der Waals surface area (Å²) >= 11 is 1.70. The average Bonchev–Trinajstić information content (AvgIpc) is 3.74. The summed E-state index contributed by atoms with van der Waals surface area (Å²) < 4.78 is 0. The summed E-state index contributed by atoms with van der Waals surface area (Å²) in [5, 5.41) is 17.0. The molecule has 0 aliphatic heterocycles. The van der Waals surface area contributed by atoms with E-state index in [1.165, 1.54) is 11.1 Å². The fourth-order valence-corrected chi connectivity index (χ4v) is 5.98. The summed E-state index contributed by atoms with van der Waals surface area (Å²) in [5.41, 5.74) is 8.48. The minimum absolute atomic E-state index is 0.0859. The third kappa shape index (κ3) is 3.99. The maximum absolute atomic E-state index is 12.6. The number of thiophene rings is 1. The Hall–Kier alpha value is -4.30. The van der Waals surface area contributed by atoms with E-state index in [4.69, 9.17) is 0 Å². The molecule has 7 rings (SSSR count). The van der Waals surface area contributed by atoms with Crippen molar-refractivity contribution in [3.63, 3.8) is 0 Å². The first-order valence-electron chi connectivity index (χ1n) is 12.5. The second-order valence-corrected chi connectivity index (χ2v) is 10.4. The van der Waals surface area contributed by atoms with Gasteiger partial charge in [0.1, 0.15) is 0 Å². The molecular weight excluding hydrogens is 480 g/mol. The Bertz CT molecular complexity index is 1740. The van der Waals surface area contributed by atoms with Crippen LogP contribution in [0.15, 0.2) is 71.8 Å². The second kappa shape index (κ2) is 8.97. The number of carbonyl (C=O) groups is 1. The highest BCUT2D eigenvalue weighted by molar-refractivity contribution is 7.08. The van der Waals surface area contributed by atoms with E-state index in [1.807, 2.05) is 6.07 Å². The minimum atomic E-state index is 0.0859. The molecule has 3 N–H and O–H groups in total. The lowest BCUT2D eigenvalue weighted by atomic mass is 10.0. The molecule has 1 aliphatic carbocycles. The molecule has 7 nitrogen and oxygen atoms in total. The number of pyridine rings is 2. The van der Waals surface area contributed by atoms with Gasteiger partial charge in [0.05, 0.1) is 23.3 Å². The third-order valence-corrected chi connectivity index (χ3v) is 7.92. The van der Waals surface area contributed by atoms with Crippen molar-refractivity contribution in [2.45, 2.75) is 25.7 Å². The molecule has 5 heterocycles. The molecule has 1 amide bonds. The number of carbonyl (C=O) groups excluding carboxylic acids is 1. The van der Waals surface area contributed by atoms with E-state index in [1.54, 1.807) is 29.9 Å². The summed E-state index contributed by atoms with van der Waals surface area (Å²) in [6.07, 6.45) is 9.47. The van der Waals surface area contributed by atoms with Crippen molar-refractivity contribution in [3.05, 3.63) is 71.8 Å². The summed E-state index contributed by atoms with van der Waals surface area (Å²) in [6.45, 7) is 0. The molecule has 0 radical (unpaired) electrons. The number of anilines is 1. The minimum Gasteiger partial charge on any atom is -0.353 e. The molecule has 1 aromatic carbocycles. The zero-order valence-corrected chi connectivity index (χ0v) is 20.8. The smallest absolute Gasteiger partial charge is 0.227 e. The van der Waals surface area contributed by atoms with Gasteiger partial charge >= 0.3 is 0 Å². The quantitative estimate of drug-likeness (QED) is 0.235. The number of aromatic nitrogens is 5. The Kier molecular flexibility index (Phi) is 5.32. The lowest BCUT2D eigenvalue weighted by molar-refractivity contribution is -0.119. The van der Waals surface area contributed by atoms with E-state index in [0.29, 0.717) is 11.3 Å². The van der Waals surface area contributed by atoms with Crippen LogP contribution in [-0.2, 0) is 4.79 Å². The van der Waals surface area contributed by atoms with Crippen LogP contribution >= 0.6 is 11.3 Å². The largest absolute Gasteiger partial charge is 0.353 e. The van der Waals surface area contributed by atoms with Crippen molar-refractivity contribution < 1.29 is 4.79 Å². The predicted octanol–water partition coefficient (Wildman–Crippen LogP) is 7.03. The lowest BCUT2D eigenvalue weighted by Crippen LogP contribution is -2.20. The highest BCUT2D eigenvalue weighted by Crippen LogP contribution is 2.35. The van der Waals surface area contributed by atoms with Crippen molar-refractivity contribution in [2.75, 3.05) is 5.32 Å². The monoisotopic (exact) mass is 504 g/mol. The number of rotatable bonds is 5. The Morgan fingerprint density at radius 3 is 2.73 bits per heavy atom. The molecule has 0 bridgehead atoms. The van der Waals surface area contributed by atoms with Crippen LogP contribution in [0.1, 0.15) is 25.7 Å². The van der Waals surface area contributed by atoms with Crippen LogP contribution < -0.4 is 5.32 Å². The molecule has 8 heteroatoms. The molecule has 0 unspecified atom stereocenters. The molecular formula is C29H24N6OS. The number of H-pyrrole nitrogens is 2. The maximum atomic E-state index is 12.6. The number of nitrogens with one attached hydrogen (secondary N) is 3. The molecule has 1 aliphatic rings. The number of fused-ring (bicyclic) bond motifs is 2. The van der Waals surface area contributed by atoms with Gasteiger partial charge in [-0.15, -0.1) is 0 Å². The van der Waals surface area contributed by atoms with Crippen LogP contribution in [0.4, 0.5) is 5.69 Å². The molecule has 1 fully saturated rings. The first kappa shape index (κ1) is 21.9. The predicted molar refractivity (Wildman–Crippen MR) is 148 cm³/mol. The van der Waals surface area contributed by atoms with Gasteiger partial charge in [0, 0.05) is 45.7 Å². The van der Waals surface area contributed by atoms with Crippen molar-refractivity contribution in [3.8, 4) is 33.6 Å². The number of amides is 1. The first-order chi connectivity index (χ1) is 18.2. The molecule has 1 saturated carbocycles. The van der Waals surface area contributed by atoms with Crippen molar-refractivity contribution in [1.29, 1.82) is 0 Å². The van der Waals surface area contributed by atoms with E-state index in [0.717, 1.165) is 64.5 Å². The molecule has 0 spiro atoms. The fraction of sp³-hybridized carbons (Fsp3) is 0.172. The van der Waals surface area contributed by atoms with E-state index in [9.17, 15) is 4.79 Å². The van der Waals surface area contributed by atoms with Crippen molar-refractivity contribution in [2.24, 2.45) is 5.92 Å². The van der Waals surface area contributed by atoms with Crippen molar-refractivity contribution in [1.82, 2.24) is 25.1 Å². The van der Waals surface area contributed by atoms with Gasteiger partial charge in [0.25, 0.3) is 0 Å². The maximum Gasteiger partial charge on any atom is 0.227 e. The average molecular weight is 505 g/mol. The van der Waals surface area contributed by atoms with Gasteiger partial charge in [0.15, 0.2) is 5.65 Å². The molecule has 182 valence electrons. The SMILES string of the molecule is O=C(Nc1cncc(-c2cnc3n[nH]c(-c4cc5c(-c6ccsc6)cccc5[nH]4)c3c2)c1)C1CCCC1. The fourth-order valence-electron chi connectivity index (χ4n) is 5.32. The van der Waals surface area contributed by atoms with Crippen LogP contribution in [0, 0.1) is 5.92 Å². The molecule has 5 aromatic heterocycles. The molecule has 37 heavy (non-hydrogen) atoms. The number of hydrogen-bond donors (Lipinski definition) is 3. The standard InChI is InChI=1S/C29H24N6OS/c36-29(17-4-1-2-5-17)32-21-10-19(13-30-15-21)20-11-24-27(34-35-28(24)31-14-20)26-12-23-22(18-8-9-37-16-18)6-3-7-25(23)33-26/h3,6-17,33H,1-2,4-5H2,(H,32,36)(H,31,34,35). The van der Waals surface area contributed by atoms with Crippen molar-refractivity contribution >= 4 is 44.9 Å². The van der Waals surface area contributed by atoms with Crippen LogP contribution in [0.25, 0.3) is 55.6 Å². The van der Waals surface area contributed by atoms with Gasteiger partial charge in [0.2, 0.25) is 5.91 Å². The number of nitrogens with zero attached hydrogens (tertiary/aromatic N) is 3. The topological polar surface area (TPSA) is 99.3 Å². The summed E-state index contributed by atoms with van der Waals surface area (Å²) in [5.74, 6) is 0.189. The number of aromatic amines is 2. The van der Waals surface area contributed by atoms with Crippen LogP contribution in [-0.4, -0.2) is 31.1 Å². The Morgan fingerprint density at radius 2 is 1.86 bits per heavy atom. The van der Waals surface area contributed by atoms with Crippen LogP contribution in [0.5, 0.6) is 0 Å². The normalized spacial score (nSPS) is 14.1. The van der Waals surface area contributed by atoms with Gasteiger partial charge in [-0.3, -0.25) is 14.9 Å². The highest BCUT2D eigenvalue weighted by Gasteiger charge is 2.23. The van der Waals surface area contributed by atoms with E-state index >= 15 is 0 Å². The molecule has 0 atom stereocenters. The van der Waals surface area contributed by atoms with Gasteiger partial charge in [-0.25, -0.2) is 4.98 Å². The van der Waals surface area contributed by atoms with Crippen LogP contribution in [0.3, 0.4) is 0 Å². The molecule has 0 saturated heterocycles. The Morgan fingerprint density at radius 1 is 0.973 bits per heavy atom. The van der Waals surface area contributed by atoms with Gasteiger partial charge < -0.3 is 10.3 Å². The van der Waals surface area contributed by atoms with Gasteiger partial charge in [-0.05, 0) is 65.1 Å². The highest BCUT2D eigenvalue weighted by atomic mass is 32.1. The summed E-state index contributed by atoms with van der Waals surface area (Å²) in [6, 6.07) is 14.7. The van der Waals surface area contributed by atoms with Gasteiger partial charge in [-0.1, -0.05) is 25.0 Å². The van der Waals surface area contributed by atoms with Gasteiger partial charge in [-0.2, -0.15) is 16.4 Å². The second-order valence-electron chi connectivity index (χ2n) is 9.59. The zero-order valence-electron chi connectivity index (χ0n) is 20.0. The Balaban J connectivity index is 1.25. The van der Waals surface area contributed by atoms with E-state index in [2.05, 4.69) is 77.6 Å². The molecule has 6 aromatic rings. The van der Waals surface area contributed by atoms with E-state index in [-0.39, 0.29) is 11.8 Å².